The molecular weight excluding hydrogens is 312 g/mol. The van der Waals surface area contributed by atoms with E-state index >= 15 is 0 Å². The van der Waals surface area contributed by atoms with Crippen molar-refractivity contribution >= 4 is 17.8 Å². The van der Waals surface area contributed by atoms with Crippen LogP contribution in [0.3, 0.4) is 0 Å². The van der Waals surface area contributed by atoms with E-state index in [2.05, 4.69) is 6.58 Å². The molecule has 0 fully saturated rings. The van der Waals surface area contributed by atoms with Crippen LogP contribution >= 0.6 is 0 Å². The molecule has 2 amide bonds. The van der Waals surface area contributed by atoms with Gasteiger partial charge in [-0.2, -0.15) is 0 Å². The number of hydrogen-bond donors (Lipinski definition) is 1. The lowest BCUT2D eigenvalue weighted by Gasteiger charge is -2.22. The van der Waals surface area contributed by atoms with Gasteiger partial charge in [-0.1, -0.05) is 6.58 Å². The van der Waals surface area contributed by atoms with E-state index in [0.29, 0.717) is 26.2 Å². The Hall–Kier alpha value is -1.89. The molecule has 7 heteroatoms. The van der Waals surface area contributed by atoms with Crippen molar-refractivity contribution in [3.63, 3.8) is 0 Å². The van der Waals surface area contributed by atoms with Crippen molar-refractivity contribution in [2.75, 3.05) is 39.4 Å². The van der Waals surface area contributed by atoms with Gasteiger partial charge in [0.15, 0.2) is 6.61 Å². The van der Waals surface area contributed by atoms with E-state index in [9.17, 15) is 14.4 Å². The van der Waals surface area contributed by atoms with Crippen molar-refractivity contribution in [2.24, 2.45) is 0 Å². The Labute approximate surface area is 144 Å². The van der Waals surface area contributed by atoms with E-state index in [1.54, 1.807) is 9.80 Å². The van der Waals surface area contributed by atoms with Gasteiger partial charge in [0.1, 0.15) is 0 Å². The zero-order chi connectivity index (χ0) is 18.5. The molecule has 0 radical (unpaired) electrons. The monoisotopic (exact) mass is 342 g/mol. The van der Waals surface area contributed by atoms with E-state index in [1.165, 1.54) is 6.92 Å². The smallest absolute Gasteiger partial charge is 0.303 e. The van der Waals surface area contributed by atoms with Gasteiger partial charge >= 0.3 is 5.97 Å². The summed E-state index contributed by atoms with van der Waals surface area (Å²) in [7, 11) is 0. The molecular formula is C17H30N2O5. The fourth-order valence-electron chi connectivity index (χ4n) is 2.19. The molecule has 0 rings (SSSR count). The second-order valence-electron chi connectivity index (χ2n) is 5.46. The van der Waals surface area contributed by atoms with Gasteiger partial charge in [0.25, 0.3) is 11.8 Å². The maximum atomic E-state index is 11.9. The van der Waals surface area contributed by atoms with Gasteiger partial charge in [0.2, 0.25) is 0 Å². The molecule has 0 bridgehead atoms. The predicted molar refractivity (Wildman–Crippen MR) is 91.2 cm³/mol. The number of aliphatic hydroxyl groups is 1. The van der Waals surface area contributed by atoms with E-state index in [4.69, 9.17) is 9.84 Å². The minimum absolute atomic E-state index is 0.197. The number of likely N-dealkylation sites (N-methyl/N-ethyl adjacent to an activating group) is 2. The van der Waals surface area contributed by atoms with Crippen molar-refractivity contribution in [1.29, 1.82) is 0 Å². The minimum atomic E-state index is -0.465. The molecule has 138 valence electrons. The van der Waals surface area contributed by atoms with Crippen LogP contribution in [0.15, 0.2) is 12.2 Å². The average molecular weight is 342 g/mol. The molecule has 0 aromatic heterocycles. The number of carbonyl (C=O) groups is 3. The molecule has 24 heavy (non-hydrogen) atoms. The number of unbranched alkanes of at least 4 members (excludes halogenated alkanes) is 2. The SMILES string of the molecule is C=C(CO)C(=O)N(CC)CCCCCN(CC)C(=O)COC(C)=O. The number of hydrogen-bond acceptors (Lipinski definition) is 5. The van der Waals surface area contributed by atoms with E-state index < -0.39 is 5.97 Å². The van der Waals surface area contributed by atoms with Gasteiger partial charge in [0.05, 0.1) is 6.61 Å². The standard InChI is InChI=1S/C17H30N2O5/c1-5-18(16(22)13-24-15(4)21)10-8-7-9-11-19(6-2)17(23)14(3)12-20/h20H,3,5-13H2,1-2,4H3. The molecule has 0 saturated carbocycles. The van der Waals surface area contributed by atoms with E-state index in [1.807, 2.05) is 13.8 Å². The summed E-state index contributed by atoms with van der Waals surface area (Å²) in [4.78, 5) is 37.8. The quantitative estimate of drug-likeness (QED) is 0.324. The number of ether oxygens (including phenoxy) is 1. The maximum absolute atomic E-state index is 11.9. The van der Waals surface area contributed by atoms with Gasteiger partial charge in [-0.3, -0.25) is 14.4 Å². The normalized spacial score (nSPS) is 10.2. The highest BCUT2D eigenvalue weighted by molar-refractivity contribution is 5.93. The van der Waals surface area contributed by atoms with E-state index in [-0.39, 0.29) is 30.6 Å². The summed E-state index contributed by atoms with van der Waals surface area (Å²) in [5.41, 5.74) is 0.199. The highest BCUT2D eigenvalue weighted by Gasteiger charge is 2.15. The van der Waals surface area contributed by atoms with Crippen LogP contribution in [0.2, 0.25) is 0 Å². The van der Waals surface area contributed by atoms with Gasteiger partial charge in [-0.05, 0) is 33.1 Å². The lowest BCUT2D eigenvalue weighted by atomic mass is 10.2. The van der Waals surface area contributed by atoms with Crippen LogP contribution in [0.4, 0.5) is 0 Å². The number of aliphatic hydroxyl groups excluding tert-OH is 1. The van der Waals surface area contributed by atoms with Crippen LogP contribution < -0.4 is 0 Å². The Morgan fingerprint density at radius 1 is 1.00 bits per heavy atom. The van der Waals surface area contributed by atoms with Crippen LogP contribution in [0.1, 0.15) is 40.0 Å². The largest absolute Gasteiger partial charge is 0.456 e. The highest BCUT2D eigenvalue weighted by Crippen LogP contribution is 2.05. The first-order valence-corrected chi connectivity index (χ1v) is 8.36. The van der Waals surface area contributed by atoms with Crippen LogP contribution in [0.5, 0.6) is 0 Å². The molecule has 0 spiro atoms. The number of esters is 1. The van der Waals surface area contributed by atoms with Crippen LogP contribution in [-0.2, 0) is 19.1 Å². The molecule has 0 unspecified atom stereocenters. The average Bonchev–Trinajstić information content (AvgIpc) is 2.57. The van der Waals surface area contributed by atoms with Crippen LogP contribution in [0, 0.1) is 0 Å². The summed E-state index contributed by atoms with van der Waals surface area (Å²) >= 11 is 0. The summed E-state index contributed by atoms with van der Waals surface area (Å²) in [5, 5.41) is 8.96. The molecule has 0 saturated heterocycles. The second-order valence-corrected chi connectivity index (χ2v) is 5.46. The molecule has 1 N–H and O–H groups in total. The third-order valence-corrected chi connectivity index (χ3v) is 3.65. The molecule has 0 aliphatic heterocycles. The predicted octanol–water partition coefficient (Wildman–Crippen LogP) is 0.965. The van der Waals surface area contributed by atoms with Gasteiger partial charge in [-0.25, -0.2) is 0 Å². The molecule has 0 aliphatic rings. The third kappa shape index (κ3) is 8.67. The minimum Gasteiger partial charge on any atom is -0.456 e. The lowest BCUT2D eigenvalue weighted by molar-refractivity contribution is -0.150. The molecule has 0 heterocycles. The first kappa shape index (κ1) is 22.1. The number of rotatable bonds is 12. The fraction of sp³-hybridized carbons (Fsp3) is 0.706. The molecule has 0 aromatic carbocycles. The Bertz CT molecular complexity index is 437. The Morgan fingerprint density at radius 3 is 2.00 bits per heavy atom. The third-order valence-electron chi connectivity index (χ3n) is 3.65. The number of nitrogens with zero attached hydrogens (tertiary/aromatic N) is 2. The van der Waals surface area contributed by atoms with Crippen molar-refractivity contribution in [3.8, 4) is 0 Å². The number of carbonyl (C=O) groups excluding carboxylic acids is 3. The van der Waals surface area contributed by atoms with Gasteiger partial charge < -0.3 is 19.6 Å². The van der Waals surface area contributed by atoms with Gasteiger partial charge in [-0.15, -0.1) is 0 Å². The summed E-state index contributed by atoms with van der Waals surface area (Å²) in [6.45, 7) is 10.4. The first-order chi connectivity index (χ1) is 11.4. The summed E-state index contributed by atoms with van der Waals surface area (Å²) in [6.07, 6.45) is 2.49. The molecule has 0 aliphatic carbocycles. The van der Waals surface area contributed by atoms with Crippen molar-refractivity contribution in [1.82, 2.24) is 9.80 Å². The lowest BCUT2D eigenvalue weighted by Crippen LogP contribution is -2.35. The Kier molecular flexibility index (Phi) is 11.5. The summed E-state index contributed by atoms with van der Waals surface area (Å²) in [6, 6.07) is 0. The second kappa shape index (κ2) is 12.5. The molecule has 0 aromatic rings. The van der Waals surface area contributed by atoms with E-state index in [0.717, 1.165) is 19.3 Å². The van der Waals surface area contributed by atoms with Crippen molar-refractivity contribution in [3.05, 3.63) is 12.2 Å². The molecule has 0 atom stereocenters. The first-order valence-electron chi connectivity index (χ1n) is 8.36. The Morgan fingerprint density at radius 2 is 1.54 bits per heavy atom. The zero-order valence-electron chi connectivity index (χ0n) is 15.0. The molecule has 7 nitrogen and oxygen atoms in total. The van der Waals surface area contributed by atoms with Gasteiger partial charge in [0, 0.05) is 38.7 Å². The van der Waals surface area contributed by atoms with Crippen LogP contribution in [-0.4, -0.2) is 72.1 Å². The van der Waals surface area contributed by atoms with Crippen LogP contribution in [0.25, 0.3) is 0 Å². The van der Waals surface area contributed by atoms with Crippen molar-refractivity contribution in [2.45, 2.75) is 40.0 Å². The summed E-state index contributed by atoms with van der Waals surface area (Å²) in [5.74, 6) is -0.878. The fourth-order valence-corrected chi connectivity index (χ4v) is 2.19. The summed E-state index contributed by atoms with van der Waals surface area (Å²) < 4.78 is 4.72. The Balaban J connectivity index is 4.08. The topological polar surface area (TPSA) is 87.2 Å². The van der Waals surface area contributed by atoms with Crippen molar-refractivity contribution < 1.29 is 24.2 Å². The maximum Gasteiger partial charge on any atom is 0.303 e. The number of amides is 2. The highest BCUT2D eigenvalue weighted by atomic mass is 16.5. The zero-order valence-corrected chi connectivity index (χ0v) is 15.0.